The number of anilines is 3. The average Bonchev–Trinajstić information content (AvgIpc) is 3.85. The van der Waals surface area contributed by atoms with Crippen LogP contribution in [0.3, 0.4) is 0 Å². The number of hydrogen-bond acceptors (Lipinski definition) is 2. The zero-order chi connectivity index (χ0) is 35.2. The Hall–Kier alpha value is -6.90. The summed E-state index contributed by atoms with van der Waals surface area (Å²) in [6, 6.07) is 70.2. The van der Waals surface area contributed by atoms with E-state index in [1.54, 1.807) is 0 Å². The molecule has 2 unspecified atom stereocenters. The van der Waals surface area contributed by atoms with Gasteiger partial charge in [-0.1, -0.05) is 152 Å². The van der Waals surface area contributed by atoms with Crippen molar-refractivity contribution in [2.24, 2.45) is 0 Å². The molecule has 10 aromatic rings. The molecule has 0 spiro atoms. The van der Waals surface area contributed by atoms with Crippen LogP contribution in [0.25, 0.3) is 54.6 Å². The van der Waals surface area contributed by atoms with Crippen LogP contribution >= 0.6 is 0 Å². The van der Waals surface area contributed by atoms with Gasteiger partial charge in [-0.15, -0.1) is 0 Å². The predicted molar refractivity (Wildman–Crippen MR) is 221 cm³/mol. The molecule has 0 amide bonds. The monoisotopic (exact) mass is 685 g/mol. The van der Waals surface area contributed by atoms with E-state index >= 15 is 0 Å². The summed E-state index contributed by atoms with van der Waals surface area (Å²) in [5.41, 5.74) is 14.9. The maximum Gasteiger partial charge on any atom is 0.137 e. The molecule has 250 valence electrons. The Balaban J connectivity index is 1.28. The van der Waals surface area contributed by atoms with E-state index < -0.39 is 10.8 Å². The maximum absolute atomic E-state index is 6.54. The van der Waals surface area contributed by atoms with E-state index in [9.17, 15) is 0 Å². The highest BCUT2D eigenvalue weighted by molar-refractivity contribution is 6.16. The summed E-state index contributed by atoms with van der Waals surface area (Å²) < 4.78 is 6.54. The van der Waals surface area contributed by atoms with Crippen LogP contribution in [0.5, 0.6) is 0 Å². The summed E-state index contributed by atoms with van der Waals surface area (Å²) in [4.78, 5) is 2.52. The van der Waals surface area contributed by atoms with Crippen LogP contribution in [0.15, 0.2) is 192 Å². The van der Waals surface area contributed by atoms with E-state index in [2.05, 4.69) is 193 Å². The number of hydrogen-bond donors (Lipinski definition) is 0. The number of para-hydroxylation sites is 2. The highest BCUT2D eigenvalue weighted by atomic mass is 16.3. The number of nitrogens with zero attached hydrogens (tertiary/aromatic N) is 1. The molecule has 0 saturated heterocycles. The van der Waals surface area contributed by atoms with Crippen molar-refractivity contribution in [2.45, 2.75) is 10.8 Å². The van der Waals surface area contributed by atoms with Gasteiger partial charge in [-0.05, 0) is 96.9 Å². The minimum atomic E-state index is -0.570. The number of benzene rings is 9. The van der Waals surface area contributed by atoms with Crippen LogP contribution in [-0.2, 0) is 10.8 Å². The molecule has 0 N–H and O–H groups in total. The van der Waals surface area contributed by atoms with E-state index in [1.807, 2.05) is 0 Å². The van der Waals surface area contributed by atoms with Crippen LogP contribution < -0.4 is 4.90 Å². The van der Waals surface area contributed by atoms with Gasteiger partial charge >= 0.3 is 0 Å². The maximum atomic E-state index is 6.54. The van der Waals surface area contributed by atoms with Gasteiger partial charge in [0, 0.05) is 16.6 Å². The van der Waals surface area contributed by atoms with Crippen LogP contribution in [0.2, 0.25) is 0 Å². The molecule has 2 atom stereocenters. The molecule has 54 heavy (non-hydrogen) atoms. The quantitative estimate of drug-likeness (QED) is 0.184. The van der Waals surface area contributed by atoms with E-state index in [-0.39, 0.29) is 0 Å². The topological polar surface area (TPSA) is 16.4 Å². The fourth-order valence-electron chi connectivity index (χ4n) is 11.3. The smallest absolute Gasteiger partial charge is 0.137 e. The summed E-state index contributed by atoms with van der Waals surface area (Å²) in [6.07, 6.45) is 0. The largest absolute Gasteiger partial charge is 0.456 e. The van der Waals surface area contributed by atoms with E-state index in [4.69, 9.17) is 4.42 Å². The minimum Gasteiger partial charge on any atom is -0.456 e. The van der Waals surface area contributed by atoms with Crippen molar-refractivity contribution in [3.05, 3.63) is 221 Å². The molecule has 0 bridgehead atoms. The molecule has 0 saturated carbocycles. The van der Waals surface area contributed by atoms with Gasteiger partial charge in [0.1, 0.15) is 11.2 Å². The van der Waals surface area contributed by atoms with Gasteiger partial charge in [-0.25, -0.2) is 0 Å². The van der Waals surface area contributed by atoms with Crippen LogP contribution in [-0.4, -0.2) is 0 Å². The van der Waals surface area contributed by atoms with E-state index in [0.29, 0.717) is 0 Å². The molecule has 9 aromatic carbocycles. The third-order valence-electron chi connectivity index (χ3n) is 12.9. The third kappa shape index (κ3) is 3.10. The highest BCUT2D eigenvalue weighted by Crippen LogP contribution is 2.76. The lowest BCUT2D eigenvalue weighted by molar-refractivity contribution is 0.461. The van der Waals surface area contributed by atoms with Crippen molar-refractivity contribution >= 4 is 60.5 Å². The SMILES string of the molecule is c1ccc(N(c2ccc3cccc4c3c2C23c5ccccc5-c5ccccc5C42c2cccc4cccc3c24)c2cccc3oc4ccccc4c23)cc1. The van der Waals surface area contributed by atoms with Crippen LogP contribution in [0.1, 0.15) is 33.4 Å². The Morgan fingerprint density at radius 3 is 1.67 bits per heavy atom. The second-order valence-electron chi connectivity index (χ2n) is 15.1. The first-order valence-corrected chi connectivity index (χ1v) is 18.9. The lowest BCUT2D eigenvalue weighted by Crippen LogP contribution is -2.49. The van der Waals surface area contributed by atoms with Gasteiger partial charge in [0.15, 0.2) is 0 Å². The van der Waals surface area contributed by atoms with Crippen molar-refractivity contribution in [2.75, 3.05) is 4.90 Å². The van der Waals surface area contributed by atoms with E-state index in [1.165, 1.54) is 71.7 Å². The molecule has 3 aliphatic carbocycles. The molecular formula is C52H31NO. The highest BCUT2D eigenvalue weighted by Gasteiger charge is 2.69. The Morgan fingerprint density at radius 2 is 0.907 bits per heavy atom. The second-order valence-corrected chi connectivity index (χ2v) is 15.1. The molecule has 2 heteroatoms. The molecule has 2 nitrogen and oxygen atoms in total. The van der Waals surface area contributed by atoms with Crippen molar-refractivity contribution in [3.63, 3.8) is 0 Å². The van der Waals surface area contributed by atoms with Gasteiger partial charge < -0.3 is 9.32 Å². The zero-order valence-electron chi connectivity index (χ0n) is 29.3. The Labute approximate surface area is 312 Å². The summed E-state index contributed by atoms with van der Waals surface area (Å²) in [5.74, 6) is 0. The standard InChI is InChI=1S/C52H31NO/c1-2-17-34(18-3-1)53(43-27-13-29-46-49(43)37-21-6-9-28-45(37)54-46)44-31-30-33-16-12-26-42-48(33)50(44)52-39-23-8-5-20-36(39)35-19-4-7-22-38(35)51(42,52)40-24-10-14-32-15-11-25-41(52)47(32)40/h1-31H. The van der Waals surface area contributed by atoms with Crippen molar-refractivity contribution in [3.8, 4) is 11.1 Å². The summed E-state index contributed by atoms with van der Waals surface area (Å²) in [7, 11) is 0. The van der Waals surface area contributed by atoms with Gasteiger partial charge in [0.05, 0.1) is 27.6 Å². The van der Waals surface area contributed by atoms with Crippen molar-refractivity contribution in [1.29, 1.82) is 0 Å². The lowest BCUT2D eigenvalue weighted by Gasteiger charge is -2.50. The summed E-state index contributed by atoms with van der Waals surface area (Å²) in [6.45, 7) is 0. The summed E-state index contributed by atoms with van der Waals surface area (Å²) in [5, 5.41) is 7.50. The minimum absolute atomic E-state index is 0.504. The van der Waals surface area contributed by atoms with Crippen LogP contribution in [0, 0.1) is 0 Å². The van der Waals surface area contributed by atoms with Crippen LogP contribution in [0.4, 0.5) is 17.1 Å². The first kappa shape index (κ1) is 28.7. The molecule has 13 rings (SSSR count). The van der Waals surface area contributed by atoms with E-state index in [0.717, 1.165) is 33.3 Å². The van der Waals surface area contributed by atoms with Gasteiger partial charge in [0.25, 0.3) is 0 Å². The number of rotatable bonds is 3. The Kier molecular flexibility index (Phi) is 5.28. The molecule has 0 aliphatic heterocycles. The number of fused-ring (bicyclic) bond motifs is 6. The van der Waals surface area contributed by atoms with Crippen molar-refractivity contribution in [1.82, 2.24) is 0 Å². The number of furan rings is 1. The van der Waals surface area contributed by atoms with Crippen molar-refractivity contribution < 1.29 is 4.42 Å². The Morgan fingerprint density at radius 1 is 0.352 bits per heavy atom. The molecule has 1 heterocycles. The zero-order valence-corrected chi connectivity index (χ0v) is 29.3. The molecule has 0 radical (unpaired) electrons. The van der Waals surface area contributed by atoms with Gasteiger partial charge in [0.2, 0.25) is 0 Å². The third-order valence-corrected chi connectivity index (χ3v) is 12.9. The molecule has 1 aromatic heterocycles. The molecule has 3 aliphatic rings. The lowest BCUT2D eigenvalue weighted by atomic mass is 9.50. The molecular weight excluding hydrogens is 655 g/mol. The Bertz CT molecular complexity index is 3240. The van der Waals surface area contributed by atoms with Gasteiger partial charge in [-0.3, -0.25) is 0 Å². The molecule has 0 fully saturated rings. The first-order valence-electron chi connectivity index (χ1n) is 18.9. The fourth-order valence-corrected chi connectivity index (χ4v) is 11.3. The second kappa shape index (κ2) is 9.95. The normalized spacial score (nSPS) is 18.5. The summed E-state index contributed by atoms with van der Waals surface area (Å²) >= 11 is 0. The average molecular weight is 686 g/mol. The fraction of sp³-hybridized carbons (Fsp3) is 0.0385. The predicted octanol–water partition coefficient (Wildman–Crippen LogP) is 13.3. The van der Waals surface area contributed by atoms with Gasteiger partial charge in [-0.2, -0.15) is 0 Å². The first-order chi connectivity index (χ1) is 26.8.